The zero-order chi connectivity index (χ0) is 13.5. The van der Waals surface area contributed by atoms with Crippen molar-refractivity contribution in [2.24, 2.45) is 11.3 Å². The van der Waals surface area contributed by atoms with Gasteiger partial charge in [0.05, 0.1) is 11.5 Å². The van der Waals surface area contributed by atoms with E-state index in [-0.39, 0.29) is 5.41 Å². The summed E-state index contributed by atoms with van der Waals surface area (Å²) in [5.74, 6) is 1.15. The second-order valence-corrected chi connectivity index (χ2v) is 9.45. The van der Waals surface area contributed by atoms with Gasteiger partial charge in [-0.15, -0.1) is 11.3 Å². The Morgan fingerprint density at radius 3 is 2.58 bits per heavy atom. The fourth-order valence-electron chi connectivity index (χ4n) is 3.34. The lowest BCUT2D eigenvalue weighted by atomic mass is 9.68. The van der Waals surface area contributed by atoms with E-state index in [1.165, 1.54) is 9.75 Å². The highest BCUT2D eigenvalue weighted by Gasteiger charge is 2.48. The Labute approximate surface area is 119 Å². The molecule has 0 aliphatic carbocycles. The van der Waals surface area contributed by atoms with Gasteiger partial charge in [0.1, 0.15) is 0 Å². The number of hydrogen-bond donors (Lipinski definition) is 1. The van der Waals surface area contributed by atoms with Crippen molar-refractivity contribution in [1.29, 1.82) is 0 Å². The second-order valence-electron chi connectivity index (χ2n) is 5.96. The summed E-state index contributed by atoms with van der Waals surface area (Å²) in [6.07, 6.45) is 2.99. The summed E-state index contributed by atoms with van der Waals surface area (Å²) in [6.45, 7) is 4.14. The minimum absolute atomic E-state index is 0.194. The number of nitrogens with one attached hydrogen (secondary N) is 1. The van der Waals surface area contributed by atoms with E-state index in [1.807, 2.05) is 11.3 Å². The third kappa shape index (κ3) is 2.60. The van der Waals surface area contributed by atoms with Crippen LogP contribution in [0.25, 0.3) is 0 Å². The van der Waals surface area contributed by atoms with Gasteiger partial charge in [-0.3, -0.25) is 0 Å². The first-order valence-electron chi connectivity index (χ1n) is 7.02. The molecular formula is C14H21NO2S2. The number of aryl methyl sites for hydroxylation is 1. The Kier molecular flexibility index (Phi) is 3.48. The van der Waals surface area contributed by atoms with Crippen molar-refractivity contribution in [2.45, 2.75) is 26.2 Å². The van der Waals surface area contributed by atoms with Crippen molar-refractivity contribution >= 4 is 21.2 Å². The van der Waals surface area contributed by atoms with Gasteiger partial charge in [-0.05, 0) is 37.3 Å². The van der Waals surface area contributed by atoms with Gasteiger partial charge >= 0.3 is 0 Å². The lowest BCUT2D eigenvalue weighted by molar-refractivity contribution is 0.0935. The Morgan fingerprint density at radius 2 is 2.11 bits per heavy atom. The maximum absolute atomic E-state index is 11.7. The van der Waals surface area contributed by atoms with Crippen molar-refractivity contribution in [2.75, 3.05) is 24.6 Å². The molecule has 2 aliphatic heterocycles. The average molecular weight is 299 g/mol. The van der Waals surface area contributed by atoms with Crippen LogP contribution in [0.5, 0.6) is 0 Å². The molecule has 2 saturated heterocycles. The van der Waals surface area contributed by atoms with Crippen LogP contribution in [0.2, 0.25) is 0 Å². The van der Waals surface area contributed by atoms with Crippen LogP contribution in [-0.2, 0) is 22.7 Å². The quantitative estimate of drug-likeness (QED) is 0.923. The van der Waals surface area contributed by atoms with Gasteiger partial charge < -0.3 is 5.32 Å². The molecular weight excluding hydrogens is 278 g/mol. The van der Waals surface area contributed by atoms with E-state index in [0.717, 1.165) is 32.4 Å². The molecule has 1 aromatic heterocycles. The third-order valence-corrected chi connectivity index (χ3v) is 7.64. The van der Waals surface area contributed by atoms with Gasteiger partial charge in [0.2, 0.25) is 0 Å². The zero-order valence-corrected chi connectivity index (χ0v) is 12.9. The summed E-state index contributed by atoms with van der Waals surface area (Å²) in [7, 11) is -2.77. The maximum Gasteiger partial charge on any atom is 0.150 e. The van der Waals surface area contributed by atoms with E-state index in [4.69, 9.17) is 0 Å². The van der Waals surface area contributed by atoms with Crippen LogP contribution in [0.1, 0.15) is 23.1 Å². The maximum atomic E-state index is 11.7. The molecule has 1 N–H and O–H groups in total. The Hall–Kier alpha value is -0.390. The van der Waals surface area contributed by atoms with Crippen LogP contribution in [0.3, 0.4) is 0 Å². The van der Waals surface area contributed by atoms with Crippen molar-refractivity contribution in [1.82, 2.24) is 5.32 Å². The lowest BCUT2D eigenvalue weighted by Crippen LogP contribution is -2.59. The molecule has 0 spiro atoms. The molecule has 0 radical (unpaired) electrons. The molecule has 3 heterocycles. The first-order chi connectivity index (χ1) is 9.03. The first-order valence-corrected chi connectivity index (χ1v) is 9.65. The zero-order valence-electron chi connectivity index (χ0n) is 11.3. The van der Waals surface area contributed by atoms with E-state index in [9.17, 15) is 8.42 Å². The van der Waals surface area contributed by atoms with Crippen LogP contribution in [0.15, 0.2) is 12.1 Å². The van der Waals surface area contributed by atoms with Crippen LogP contribution in [0, 0.1) is 11.3 Å². The minimum Gasteiger partial charge on any atom is -0.315 e. The highest BCUT2D eigenvalue weighted by Crippen LogP contribution is 2.42. The largest absolute Gasteiger partial charge is 0.315 e. The molecule has 106 valence electrons. The van der Waals surface area contributed by atoms with Crippen LogP contribution in [-0.4, -0.2) is 33.0 Å². The highest BCUT2D eigenvalue weighted by atomic mass is 32.2. The molecule has 19 heavy (non-hydrogen) atoms. The molecule has 2 fully saturated rings. The number of thiophene rings is 1. The van der Waals surface area contributed by atoms with Crippen molar-refractivity contribution in [3.63, 3.8) is 0 Å². The topological polar surface area (TPSA) is 46.2 Å². The predicted octanol–water partition coefficient (Wildman–Crippen LogP) is 1.88. The first kappa shape index (κ1) is 13.6. The Morgan fingerprint density at radius 1 is 1.37 bits per heavy atom. The molecule has 5 heteroatoms. The Balaban J connectivity index is 1.76. The van der Waals surface area contributed by atoms with E-state index in [1.54, 1.807) is 0 Å². The minimum atomic E-state index is -2.77. The van der Waals surface area contributed by atoms with Crippen molar-refractivity contribution in [3.8, 4) is 0 Å². The van der Waals surface area contributed by atoms with E-state index in [2.05, 4.69) is 24.4 Å². The fraction of sp³-hybridized carbons (Fsp3) is 0.714. The van der Waals surface area contributed by atoms with E-state index >= 15 is 0 Å². The number of sulfone groups is 1. The molecule has 0 saturated carbocycles. The van der Waals surface area contributed by atoms with Crippen LogP contribution in [0.4, 0.5) is 0 Å². The molecule has 0 aromatic carbocycles. The summed E-state index contributed by atoms with van der Waals surface area (Å²) in [5, 5.41) is 3.36. The summed E-state index contributed by atoms with van der Waals surface area (Å²) < 4.78 is 23.4. The number of hydrogen-bond acceptors (Lipinski definition) is 4. The molecule has 3 nitrogen and oxygen atoms in total. The second kappa shape index (κ2) is 4.86. The Bertz CT molecular complexity index is 558. The standard InChI is InChI=1S/C14H21NO2S2/c1-2-12-3-4-13(18-12)7-14(9-15-10-14)11-5-6-19(16,17)8-11/h3-4,11,15H,2,5-10H2,1H3. The smallest absolute Gasteiger partial charge is 0.150 e. The molecule has 1 aromatic rings. The van der Waals surface area contributed by atoms with Gasteiger partial charge in [0.15, 0.2) is 9.84 Å². The molecule has 3 rings (SSSR count). The summed E-state index contributed by atoms with van der Waals surface area (Å²) in [4.78, 5) is 2.85. The summed E-state index contributed by atoms with van der Waals surface area (Å²) in [6, 6.07) is 4.44. The van der Waals surface area contributed by atoms with E-state index < -0.39 is 9.84 Å². The summed E-state index contributed by atoms with van der Waals surface area (Å²) >= 11 is 1.89. The predicted molar refractivity (Wildman–Crippen MR) is 79.5 cm³/mol. The third-order valence-electron chi connectivity index (χ3n) is 4.64. The highest BCUT2D eigenvalue weighted by molar-refractivity contribution is 7.91. The van der Waals surface area contributed by atoms with Crippen molar-refractivity contribution < 1.29 is 8.42 Å². The normalized spacial score (nSPS) is 28.2. The van der Waals surface area contributed by atoms with E-state index in [0.29, 0.717) is 17.4 Å². The monoisotopic (exact) mass is 299 g/mol. The van der Waals surface area contributed by atoms with Gasteiger partial charge in [-0.25, -0.2) is 8.42 Å². The number of rotatable bonds is 4. The molecule has 1 unspecified atom stereocenters. The van der Waals surface area contributed by atoms with Crippen LogP contribution >= 0.6 is 11.3 Å². The lowest BCUT2D eigenvalue weighted by Gasteiger charge is -2.47. The molecule has 2 aliphatic rings. The molecule has 1 atom stereocenters. The van der Waals surface area contributed by atoms with Crippen molar-refractivity contribution in [3.05, 3.63) is 21.9 Å². The fourth-order valence-corrected chi connectivity index (χ4v) is 6.39. The van der Waals surface area contributed by atoms with Gasteiger partial charge in [-0.2, -0.15) is 0 Å². The van der Waals surface area contributed by atoms with Gasteiger partial charge in [0.25, 0.3) is 0 Å². The van der Waals surface area contributed by atoms with Gasteiger partial charge in [0, 0.05) is 28.3 Å². The summed E-state index contributed by atoms with van der Waals surface area (Å²) in [5.41, 5.74) is 0.194. The molecule has 0 bridgehead atoms. The SMILES string of the molecule is CCc1ccc(CC2(C3CCS(=O)(=O)C3)CNC2)s1. The van der Waals surface area contributed by atoms with Crippen LogP contribution < -0.4 is 5.32 Å². The van der Waals surface area contributed by atoms with Gasteiger partial charge in [-0.1, -0.05) is 6.92 Å². The molecule has 0 amide bonds. The average Bonchev–Trinajstić information content (AvgIpc) is 2.90.